The third-order valence-corrected chi connectivity index (χ3v) is 7.16. The van der Waals surface area contributed by atoms with Crippen molar-refractivity contribution in [1.82, 2.24) is 0 Å². The summed E-state index contributed by atoms with van der Waals surface area (Å²) in [6.07, 6.45) is -1.09. The van der Waals surface area contributed by atoms with Crippen molar-refractivity contribution in [2.45, 2.75) is 37.7 Å². The van der Waals surface area contributed by atoms with Gasteiger partial charge in [0.15, 0.2) is 6.49 Å². The summed E-state index contributed by atoms with van der Waals surface area (Å²) in [6.45, 7) is 0.510. The topological polar surface area (TPSA) is 96.2 Å². The van der Waals surface area contributed by atoms with Gasteiger partial charge in [0, 0.05) is 23.4 Å². The lowest BCUT2D eigenvalue weighted by molar-refractivity contribution is 0.0793. The summed E-state index contributed by atoms with van der Waals surface area (Å²) in [7, 11) is 1.48. The van der Waals surface area contributed by atoms with Gasteiger partial charge in [-0.3, -0.25) is 4.57 Å². The van der Waals surface area contributed by atoms with Crippen molar-refractivity contribution in [3.63, 3.8) is 0 Å². The molecule has 0 aromatic carbocycles. The number of hydrogen-bond donors (Lipinski definition) is 3. The average Bonchev–Trinajstić information content (AvgIpc) is 2.72. The first-order valence-electron chi connectivity index (χ1n) is 5.73. The highest BCUT2D eigenvalue weighted by molar-refractivity contribution is 8.09. The van der Waals surface area contributed by atoms with E-state index in [1.54, 1.807) is 13.8 Å². The Morgan fingerprint density at radius 1 is 1.47 bits per heavy atom. The van der Waals surface area contributed by atoms with Crippen LogP contribution < -0.4 is 0 Å². The molecule has 1 saturated heterocycles. The molecule has 3 N–H and O–H groups in total. The van der Waals surface area contributed by atoms with Crippen LogP contribution in [0.5, 0.6) is 0 Å². The van der Waals surface area contributed by atoms with Gasteiger partial charge in [-0.15, -0.1) is 0 Å². The van der Waals surface area contributed by atoms with Crippen LogP contribution in [0.3, 0.4) is 0 Å². The lowest BCUT2D eigenvalue weighted by Gasteiger charge is -2.27. The molecule has 2 radical (unpaired) electrons. The van der Waals surface area contributed by atoms with Crippen LogP contribution in [0.25, 0.3) is 0 Å². The van der Waals surface area contributed by atoms with Gasteiger partial charge in [0.25, 0.3) is 0 Å². The first kappa shape index (κ1) is 15.9. The van der Waals surface area contributed by atoms with Crippen LogP contribution in [0.15, 0.2) is 11.4 Å². The monoisotopic (exact) mass is 324 g/mol. The van der Waals surface area contributed by atoms with E-state index in [1.165, 1.54) is 0 Å². The first-order chi connectivity index (χ1) is 8.53. The normalized spacial score (nSPS) is 39.4. The van der Waals surface area contributed by atoms with Gasteiger partial charge < -0.3 is 23.9 Å². The Labute approximate surface area is 117 Å². The smallest absolute Gasteiger partial charge is 0.349 e. The van der Waals surface area contributed by atoms with Crippen molar-refractivity contribution in [1.29, 1.82) is 0 Å². The maximum atomic E-state index is 10.9. The molecule has 1 saturated carbocycles. The highest BCUT2D eigenvalue weighted by atomic mass is 32.5. The molecule has 6 nitrogen and oxygen atoms in total. The molecular weight excluding hydrogens is 309 g/mol. The largest absolute Gasteiger partial charge is 0.377 e. The Morgan fingerprint density at radius 3 is 2.53 bits per heavy atom. The number of rotatable bonds is 4. The van der Waals surface area contributed by atoms with Crippen LogP contribution in [0.4, 0.5) is 0 Å². The van der Waals surface area contributed by atoms with E-state index in [2.05, 4.69) is 0 Å². The molecular formula is C9H15BO6P2S. The fourth-order valence-corrected chi connectivity index (χ4v) is 3.88. The molecule has 0 aromatic rings. The minimum Gasteiger partial charge on any atom is -0.377 e. The van der Waals surface area contributed by atoms with Gasteiger partial charge in [0.2, 0.25) is 0 Å². The molecule has 1 aliphatic heterocycles. The first-order valence-corrected chi connectivity index (χ1v) is 10.1. The fraction of sp³-hybridized carbons (Fsp3) is 0.778. The predicted octanol–water partition coefficient (Wildman–Crippen LogP) is 0.667. The molecule has 2 aliphatic rings. The van der Waals surface area contributed by atoms with Crippen molar-refractivity contribution in [3.05, 3.63) is 11.4 Å². The van der Waals surface area contributed by atoms with Gasteiger partial charge in [-0.2, -0.15) is 0 Å². The van der Waals surface area contributed by atoms with Crippen LogP contribution in [0.2, 0.25) is 0 Å². The minimum atomic E-state index is -4.25. The van der Waals surface area contributed by atoms with Crippen LogP contribution >= 0.6 is 14.1 Å². The molecule has 0 bridgehead atoms. The van der Waals surface area contributed by atoms with Gasteiger partial charge in [0.1, 0.15) is 7.85 Å². The van der Waals surface area contributed by atoms with E-state index in [9.17, 15) is 9.46 Å². The zero-order chi connectivity index (χ0) is 14.6. The minimum absolute atomic E-state index is 0.221. The summed E-state index contributed by atoms with van der Waals surface area (Å²) >= 11 is 5.04. The summed E-state index contributed by atoms with van der Waals surface area (Å²) in [5.74, 6) is 0.553. The second-order valence-corrected chi connectivity index (χ2v) is 10.4. The van der Waals surface area contributed by atoms with Crippen molar-refractivity contribution in [2.75, 3.05) is 0 Å². The molecule has 2 rings (SSSR count). The molecule has 5 atom stereocenters. The highest BCUT2D eigenvalue weighted by Crippen LogP contribution is 2.60. The summed E-state index contributed by atoms with van der Waals surface area (Å²) in [6, 6.07) is -0.739. The van der Waals surface area contributed by atoms with Crippen molar-refractivity contribution in [2.24, 2.45) is 5.92 Å². The molecule has 1 aliphatic carbocycles. The molecule has 19 heavy (non-hydrogen) atoms. The predicted molar refractivity (Wildman–Crippen MR) is 74.5 cm³/mol. The molecule has 2 unspecified atom stereocenters. The van der Waals surface area contributed by atoms with Gasteiger partial charge in [-0.25, -0.2) is 0 Å². The second-order valence-electron chi connectivity index (χ2n) is 4.99. The molecule has 0 spiro atoms. The SMILES string of the molecule is [B][C@@H]1O[C@@H]2/C(=C\P(=O)(O)O)C2[C@H]1OP(O)(=S)C(C)C. The van der Waals surface area contributed by atoms with E-state index < -0.39 is 32.3 Å². The Bertz CT molecular complexity index is 503. The third kappa shape index (κ3) is 3.39. The second kappa shape index (κ2) is 5.04. The maximum Gasteiger partial charge on any atom is 0.349 e. The van der Waals surface area contributed by atoms with Crippen molar-refractivity contribution >= 4 is 33.7 Å². The zero-order valence-electron chi connectivity index (χ0n) is 10.4. The molecule has 0 amide bonds. The summed E-state index contributed by atoms with van der Waals surface area (Å²) < 4.78 is 21.8. The Balaban J connectivity index is 2.13. The Kier molecular flexibility index (Phi) is 4.21. The van der Waals surface area contributed by atoms with E-state index >= 15 is 0 Å². The van der Waals surface area contributed by atoms with Crippen molar-refractivity contribution in [3.8, 4) is 0 Å². The number of fused-ring (bicyclic) bond motifs is 1. The Morgan fingerprint density at radius 2 is 2.05 bits per heavy atom. The molecule has 106 valence electrons. The quantitative estimate of drug-likeness (QED) is 0.516. The summed E-state index contributed by atoms with van der Waals surface area (Å²) in [5.41, 5.74) is 0.250. The van der Waals surface area contributed by atoms with Crippen LogP contribution in [0, 0.1) is 5.92 Å². The standard InChI is InChI=1S/C9H15BO6P2S/c1-4(2)18(14,19)16-8-6-5(3-17(11,12)13)7(6)15-9(8)10/h3-4,6-9H,1-2H3,(H,14,19)(H2,11,12,13)/b5-3-/t6?,7-,8-,9-,18?/m1/s1. The summed E-state index contributed by atoms with van der Waals surface area (Å²) in [4.78, 5) is 27.8. The molecule has 1 heterocycles. The highest BCUT2D eigenvalue weighted by Gasteiger charge is 2.60. The van der Waals surface area contributed by atoms with Crippen molar-refractivity contribution < 1.29 is 28.5 Å². The van der Waals surface area contributed by atoms with Crippen LogP contribution in [0.1, 0.15) is 13.8 Å². The van der Waals surface area contributed by atoms with Gasteiger partial charge in [0.05, 0.1) is 12.2 Å². The average molecular weight is 324 g/mol. The van der Waals surface area contributed by atoms with Gasteiger partial charge in [-0.1, -0.05) is 13.8 Å². The van der Waals surface area contributed by atoms with Crippen LogP contribution in [-0.4, -0.2) is 46.4 Å². The molecule has 10 heteroatoms. The maximum absolute atomic E-state index is 10.9. The zero-order valence-corrected chi connectivity index (χ0v) is 13.0. The van der Waals surface area contributed by atoms with E-state index in [0.29, 0.717) is 5.57 Å². The van der Waals surface area contributed by atoms with E-state index in [-0.39, 0.29) is 11.6 Å². The van der Waals surface area contributed by atoms with E-state index in [1.807, 2.05) is 0 Å². The lowest BCUT2D eigenvalue weighted by Crippen LogP contribution is -2.29. The summed E-state index contributed by atoms with van der Waals surface area (Å²) in [5, 5.41) is 0. The fourth-order valence-electron chi connectivity index (χ4n) is 2.03. The van der Waals surface area contributed by atoms with E-state index in [4.69, 9.17) is 38.7 Å². The van der Waals surface area contributed by atoms with E-state index in [0.717, 1.165) is 5.82 Å². The van der Waals surface area contributed by atoms with Gasteiger partial charge in [-0.05, 0) is 17.4 Å². The molecule has 2 fully saturated rings. The number of hydrogen-bond acceptors (Lipinski definition) is 4. The lowest BCUT2D eigenvalue weighted by atomic mass is 9.93. The molecule has 0 aromatic heterocycles. The van der Waals surface area contributed by atoms with Gasteiger partial charge >= 0.3 is 7.60 Å². The Hall–Kier alpha value is 0.485. The van der Waals surface area contributed by atoms with Crippen LogP contribution in [-0.2, 0) is 25.6 Å². The number of ether oxygens (including phenoxy) is 1. The third-order valence-electron chi connectivity index (χ3n) is 3.15.